The Hall–Kier alpha value is -0.300. The molecule has 0 bridgehead atoms. The summed E-state index contributed by atoms with van der Waals surface area (Å²) in [4.78, 5) is 11.8. The number of benzene rings is 1. The van der Waals surface area contributed by atoms with Crippen LogP contribution in [0.1, 0.15) is 26.2 Å². The predicted octanol–water partition coefficient (Wildman–Crippen LogP) is 4.09. The van der Waals surface area contributed by atoms with Crippen LogP contribution < -0.4 is 0 Å². The first kappa shape index (κ1) is 17.1. The molecule has 2 rings (SSSR count). The van der Waals surface area contributed by atoms with Gasteiger partial charge in [-0.25, -0.2) is 12.7 Å². The van der Waals surface area contributed by atoms with Crippen molar-refractivity contribution in [2.45, 2.75) is 31.1 Å². The van der Waals surface area contributed by atoms with Crippen molar-refractivity contribution in [1.82, 2.24) is 4.31 Å². The Morgan fingerprint density at radius 1 is 1.33 bits per heavy atom. The molecule has 21 heavy (non-hydrogen) atoms. The van der Waals surface area contributed by atoms with E-state index in [1.54, 1.807) is 0 Å². The number of rotatable bonds is 4. The van der Waals surface area contributed by atoms with E-state index in [2.05, 4.69) is 15.9 Å². The average molecular weight is 415 g/mol. The molecular formula is C13H14BrCl2NO3S. The van der Waals surface area contributed by atoms with Crippen molar-refractivity contribution in [3.05, 3.63) is 26.7 Å². The molecule has 8 heteroatoms. The monoisotopic (exact) mass is 413 g/mol. The normalized spacial score (nSPS) is 19.3. The SMILES string of the molecule is CCCC1CC(=O)N(S(=O)(=O)c2c(Cl)cc(Br)cc2Cl)C1. The second kappa shape index (κ2) is 6.44. The minimum atomic E-state index is -4.02. The van der Waals surface area contributed by atoms with E-state index in [0.29, 0.717) is 4.47 Å². The number of hydrogen-bond acceptors (Lipinski definition) is 3. The van der Waals surface area contributed by atoms with Gasteiger partial charge < -0.3 is 0 Å². The largest absolute Gasteiger partial charge is 0.274 e. The Balaban J connectivity index is 2.42. The van der Waals surface area contributed by atoms with Gasteiger partial charge >= 0.3 is 0 Å². The summed E-state index contributed by atoms with van der Waals surface area (Å²) in [6.45, 7) is 2.20. The summed E-state index contributed by atoms with van der Waals surface area (Å²) in [5, 5.41) is 0.00207. The molecular weight excluding hydrogens is 401 g/mol. The zero-order chi connectivity index (χ0) is 15.8. The van der Waals surface area contributed by atoms with Gasteiger partial charge in [-0.05, 0) is 24.5 Å². The smallest absolute Gasteiger partial charge is 0.269 e. The Labute approximate surface area is 142 Å². The summed E-state index contributed by atoms with van der Waals surface area (Å²) >= 11 is 15.2. The van der Waals surface area contributed by atoms with Crippen molar-refractivity contribution in [3.63, 3.8) is 0 Å². The van der Waals surface area contributed by atoms with Crippen LogP contribution in [0.25, 0.3) is 0 Å². The highest BCUT2D eigenvalue weighted by molar-refractivity contribution is 9.10. The summed E-state index contributed by atoms with van der Waals surface area (Å²) in [6, 6.07) is 2.90. The van der Waals surface area contributed by atoms with Crippen molar-refractivity contribution in [2.75, 3.05) is 6.54 Å². The molecule has 0 spiro atoms. The lowest BCUT2D eigenvalue weighted by Crippen LogP contribution is -2.32. The molecule has 1 unspecified atom stereocenters. The Kier molecular flexibility index (Phi) is 5.23. The molecule has 1 aromatic carbocycles. The molecule has 1 fully saturated rings. The quantitative estimate of drug-likeness (QED) is 0.745. The second-order valence-corrected chi connectivity index (χ2v) is 8.52. The van der Waals surface area contributed by atoms with Gasteiger partial charge in [0.2, 0.25) is 5.91 Å². The van der Waals surface area contributed by atoms with Crippen LogP contribution in [-0.2, 0) is 14.8 Å². The fourth-order valence-corrected chi connectivity index (χ4v) is 5.84. The van der Waals surface area contributed by atoms with Crippen molar-refractivity contribution >= 4 is 55.1 Å². The Morgan fingerprint density at radius 2 is 1.90 bits per heavy atom. The number of halogens is 3. The van der Waals surface area contributed by atoms with E-state index in [-0.39, 0.29) is 33.8 Å². The molecule has 0 radical (unpaired) electrons. The molecule has 0 saturated carbocycles. The maximum atomic E-state index is 12.7. The van der Waals surface area contributed by atoms with Gasteiger partial charge in [0.15, 0.2) is 0 Å². The molecule has 1 atom stereocenters. The molecule has 1 amide bonds. The zero-order valence-electron chi connectivity index (χ0n) is 11.3. The van der Waals surface area contributed by atoms with E-state index < -0.39 is 15.9 Å². The second-order valence-electron chi connectivity index (χ2n) is 4.99. The molecule has 116 valence electrons. The minimum absolute atomic E-state index is 0.00103. The summed E-state index contributed by atoms with van der Waals surface area (Å²) in [5.74, 6) is -0.339. The molecule has 1 aromatic rings. The standard InChI is InChI=1S/C13H14BrCl2NO3S/c1-2-3-8-4-12(18)17(7-8)21(19,20)13-10(15)5-9(14)6-11(13)16/h5-6,8H,2-4,7H2,1H3. The Bertz CT molecular complexity index is 655. The maximum Gasteiger partial charge on any atom is 0.269 e. The average Bonchev–Trinajstić information content (AvgIpc) is 2.69. The van der Waals surface area contributed by atoms with Crippen LogP contribution in [0.4, 0.5) is 0 Å². The van der Waals surface area contributed by atoms with Gasteiger partial charge in [-0.15, -0.1) is 0 Å². The van der Waals surface area contributed by atoms with Crippen LogP contribution in [-0.4, -0.2) is 25.2 Å². The van der Waals surface area contributed by atoms with Crippen LogP contribution in [0.2, 0.25) is 10.0 Å². The molecule has 4 nitrogen and oxygen atoms in total. The summed E-state index contributed by atoms with van der Waals surface area (Å²) in [7, 11) is -4.02. The molecule has 0 N–H and O–H groups in total. The lowest BCUT2D eigenvalue weighted by Gasteiger charge is -2.19. The molecule has 1 saturated heterocycles. The fourth-order valence-electron chi connectivity index (χ4n) is 2.47. The zero-order valence-corrected chi connectivity index (χ0v) is 15.2. The number of sulfonamides is 1. The molecule has 1 aliphatic heterocycles. The van der Waals surface area contributed by atoms with Crippen molar-refractivity contribution in [3.8, 4) is 0 Å². The van der Waals surface area contributed by atoms with Gasteiger partial charge in [0, 0.05) is 17.4 Å². The van der Waals surface area contributed by atoms with Gasteiger partial charge in [-0.3, -0.25) is 4.79 Å². The van der Waals surface area contributed by atoms with E-state index >= 15 is 0 Å². The first-order chi connectivity index (χ1) is 9.77. The number of hydrogen-bond donors (Lipinski definition) is 0. The predicted molar refractivity (Wildman–Crippen MR) is 86.1 cm³/mol. The number of amides is 1. The minimum Gasteiger partial charge on any atom is -0.274 e. The van der Waals surface area contributed by atoms with E-state index in [4.69, 9.17) is 23.2 Å². The van der Waals surface area contributed by atoms with E-state index in [0.717, 1.165) is 17.1 Å². The van der Waals surface area contributed by atoms with Gasteiger partial charge in [0.1, 0.15) is 4.90 Å². The number of nitrogens with zero attached hydrogens (tertiary/aromatic N) is 1. The van der Waals surface area contributed by atoms with E-state index in [9.17, 15) is 13.2 Å². The molecule has 0 aromatic heterocycles. The topological polar surface area (TPSA) is 54.5 Å². The third kappa shape index (κ3) is 3.38. The highest BCUT2D eigenvalue weighted by atomic mass is 79.9. The van der Waals surface area contributed by atoms with Gasteiger partial charge in [-0.2, -0.15) is 0 Å². The highest BCUT2D eigenvalue weighted by Gasteiger charge is 2.39. The maximum absolute atomic E-state index is 12.7. The van der Waals surface area contributed by atoms with Crippen molar-refractivity contribution in [1.29, 1.82) is 0 Å². The van der Waals surface area contributed by atoms with E-state index in [1.807, 2.05) is 6.92 Å². The van der Waals surface area contributed by atoms with Gasteiger partial charge in [-0.1, -0.05) is 52.5 Å². The van der Waals surface area contributed by atoms with Crippen molar-refractivity contribution in [2.24, 2.45) is 5.92 Å². The summed E-state index contributed by atoms with van der Waals surface area (Å²) < 4.78 is 26.8. The van der Waals surface area contributed by atoms with Crippen LogP contribution in [0.5, 0.6) is 0 Å². The third-order valence-electron chi connectivity index (χ3n) is 3.37. The van der Waals surface area contributed by atoms with Gasteiger partial charge in [0.05, 0.1) is 10.0 Å². The lowest BCUT2D eigenvalue weighted by atomic mass is 10.0. The first-order valence-electron chi connectivity index (χ1n) is 6.47. The molecule has 1 heterocycles. The summed E-state index contributed by atoms with van der Waals surface area (Å²) in [6.07, 6.45) is 1.98. The van der Waals surface area contributed by atoms with Crippen LogP contribution >= 0.6 is 39.1 Å². The summed E-state index contributed by atoms with van der Waals surface area (Å²) in [5.41, 5.74) is 0. The van der Waals surface area contributed by atoms with Crippen LogP contribution in [0.3, 0.4) is 0 Å². The molecule has 0 aliphatic carbocycles. The number of carbonyl (C=O) groups excluding carboxylic acids is 1. The van der Waals surface area contributed by atoms with E-state index in [1.165, 1.54) is 12.1 Å². The van der Waals surface area contributed by atoms with Crippen LogP contribution in [0, 0.1) is 5.92 Å². The van der Waals surface area contributed by atoms with Gasteiger partial charge in [0.25, 0.3) is 10.0 Å². The number of carbonyl (C=O) groups is 1. The van der Waals surface area contributed by atoms with Crippen LogP contribution in [0.15, 0.2) is 21.5 Å². The van der Waals surface area contributed by atoms with Crippen molar-refractivity contribution < 1.29 is 13.2 Å². The fraction of sp³-hybridized carbons (Fsp3) is 0.462. The lowest BCUT2D eigenvalue weighted by molar-refractivity contribution is -0.123. The Morgan fingerprint density at radius 3 is 2.43 bits per heavy atom. The first-order valence-corrected chi connectivity index (χ1v) is 9.46. The third-order valence-corrected chi connectivity index (χ3v) is 6.54. The molecule has 1 aliphatic rings. The highest BCUT2D eigenvalue weighted by Crippen LogP contribution is 2.37.